The molecule has 2 N–H and O–H groups in total. The van der Waals surface area contributed by atoms with E-state index in [1.165, 1.54) is 24.3 Å². The predicted octanol–water partition coefficient (Wildman–Crippen LogP) is 3.28. The van der Waals surface area contributed by atoms with Crippen molar-refractivity contribution in [1.29, 1.82) is 0 Å². The van der Waals surface area contributed by atoms with Gasteiger partial charge in [-0.15, -0.1) is 11.3 Å². The van der Waals surface area contributed by atoms with Crippen LogP contribution in [0.4, 0.5) is 0 Å². The molecule has 0 bridgehead atoms. The summed E-state index contributed by atoms with van der Waals surface area (Å²) in [5, 5.41) is 2.54. The largest absolute Gasteiger partial charge is 0.479 e. The van der Waals surface area contributed by atoms with Crippen LogP contribution in [-0.4, -0.2) is 17.9 Å². The van der Waals surface area contributed by atoms with Crippen molar-refractivity contribution in [1.82, 2.24) is 10.9 Å². The molecule has 0 fully saturated rings. The van der Waals surface area contributed by atoms with Gasteiger partial charge in [-0.1, -0.05) is 29.3 Å². The lowest BCUT2D eigenvalue weighted by molar-refractivity contribution is -0.128. The van der Waals surface area contributed by atoms with E-state index in [0.29, 0.717) is 20.7 Å². The van der Waals surface area contributed by atoms with Gasteiger partial charge in [0, 0.05) is 5.02 Å². The van der Waals surface area contributed by atoms with Crippen molar-refractivity contribution in [3.8, 4) is 5.75 Å². The van der Waals surface area contributed by atoms with E-state index in [1.807, 2.05) is 0 Å². The number of carbonyl (C=O) groups excluding carboxylic acids is 2. The monoisotopic (exact) mass is 358 g/mol. The normalized spacial score (nSPS) is 11.6. The van der Waals surface area contributed by atoms with Crippen LogP contribution in [-0.2, 0) is 4.79 Å². The van der Waals surface area contributed by atoms with Crippen LogP contribution in [0.1, 0.15) is 16.6 Å². The molecule has 0 saturated carbocycles. The van der Waals surface area contributed by atoms with Gasteiger partial charge in [-0.2, -0.15) is 0 Å². The van der Waals surface area contributed by atoms with E-state index in [9.17, 15) is 9.59 Å². The molecule has 2 amide bonds. The van der Waals surface area contributed by atoms with Crippen LogP contribution in [0.15, 0.2) is 35.7 Å². The van der Waals surface area contributed by atoms with Gasteiger partial charge >= 0.3 is 0 Å². The van der Waals surface area contributed by atoms with Gasteiger partial charge in [0.1, 0.15) is 5.75 Å². The molecule has 2 rings (SSSR count). The zero-order chi connectivity index (χ0) is 16.1. The molecule has 0 aliphatic heterocycles. The van der Waals surface area contributed by atoms with Crippen molar-refractivity contribution >= 4 is 46.4 Å². The lowest BCUT2D eigenvalue weighted by atomic mass is 10.3. The van der Waals surface area contributed by atoms with Crippen molar-refractivity contribution in [2.45, 2.75) is 13.0 Å². The molecule has 0 saturated heterocycles. The topological polar surface area (TPSA) is 67.4 Å². The van der Waals surface area contributed by atoms with Crippen LogP contribution in [0.2, 0.25) is 10.0 Å². The maximum absolute atomic E-state index is 11.9. The highest BCUT2D eigenvalue weighted by molar-refractivity contribution is 7.12. The first-order valence-corrected chi connectivity index (χ1v) is 7.86. The number of hydrogen-bond acceptors (Lipinski definition) is 4. The number of amides is 2. The average molecular weight is 359 g/mol. The quantitative estimate of drug-likeness (QED) is 0.824. The van der Waals surface area contributed by atoms with Gasteiger partial charge in [0.15, 0.2) is 6.10 Å². The summed E-state index contributed by atoms with van der Waals surface area (Å²) in [6.45, 7) is 1.54. The number of carbonyl (C=O) groups is 2. The number of ether oxygens (including phenoxy) is 1. The minimum Gasteiger partial charge on any atom is -0.479 e. The van der Waals surface area contributed by atoms with Gasteiger partial charge in [-0.25, -0.2) is 0 Å². The van der Waals surface area contributed by atoms with Gasteiger partial charge < -0.3 is 4.74 Å². The molecule has 5 nitrogen and oxygen atoms in total. The summed E-state index contributed by atoms with van der Waals surface area (Å²) >= 11 is 13.0. The Kier molecular flexibility index (Phi) is 5.65. The Morgan fingerprint density at radius 2 is 2.00 bits per heavy atom. The Bertz CT molecular complexity index is 677. The van der Waals surface area contributed by atoms with E-state index in [0.717, 1.165) is 0 Å². The second-order valence-corrected chi connectivity index (χ2v) is 6.05. The van der Waals surface area contributed by atoms with Crippen molar-refractivity contribution < 1.29 is 14.3 Å². The van der Waals surface area contributed by atoms with Gasteiger partial charge in [-0.3, -0.25) is 20.4 Å². The summed E-state index contributed by atoms with van der Waals surface area (Å²) < 4.78 is 5.43. The van der Waals surface area contributed by atoms with E-state index in [1.54, 1.807) is 29.6 Å². The number of hydrogen-bond donors (Lipinski definition) is 2. The Morgan fingerprint density at radius 1 is 1.23 bits per heavy atom. The highest BCUT2D eigenvalue weighted by Gasteiger charge is 2.17. The van der Waals surface area contributed by atoms with Crippen molar-refractivity contribution in [3.05, 3.63) is 50.6 Å². The van der Waals surface area contributed by atoms with Crippen LogP contribution in [0.3, 0.4) is 0 Å². The molecule has 22 heavy (non-hydrogen) atoms. The number of halogens is 2. The van der Waals surface area contributed by atoms with Gasteiger partial charge in [0.05, 0.1) is 9.90 Å². The smallest absolute Gasteiger partial charge is 0.279 e. The standard InChI is InChI=1S/C14H12Cl2N2O3S/c1-8(21-11-5-4-9(15)7-10(11)16)13(19)17-18-14(20)12-3-2-6-22-12/h2-8H,1H3,(H,17,19)(H,18,20)/t8-/m0/s1. The lowest BCUT2D eigenvalue weighted by Gasteiger charge is -2.15. The molecule has 1 aromatic carbocycles. The average Bonchev–Trinajstić information content (AvgIpc) is 3.01. The van der Waals surface area contributed by atoms with Crippen LogP contribution < -0.4 is 15.6 Å². The fraction of sp³-hybridized carbons (Fsp3) is 0.143. The van der Waals surface area contributed by atoms with Crippen LogP contribution in [0, 0.1) is 0 Å². The molecule has 0 spiro atoms. The summed E-state index contributed by atoms with van der Waals surface area (Å²) in [5.41, 5.74) is 4.61. The Hall–Kier alpha value is -1.76. The van der Waals surface area contributed by atoms with E-state index in [-0.39, 0.29) is 5.91 Å². The van der Waals surface area contributed by atoms with Crippen LogP contribution >= 0.6 is 34.5 Å². The SMILES string of the molecule is C[C@H](Oc1ccc(Cl)cc1Cl)C(=O)NNC(=O)c1cccs1. The van der Waals surface area contributed by atoms with Crippen molar-refractivity contribution in [3.63, 3.8) is 0 Å². The fourth-order valence-electron chi connectivity index (χ4n) is 1.50. The minimum absolute atomic E-state index is 0.301. The molecule has 0 radical (unpaired) electrons. The second kappa shape index (κ2) is 7.49. The first-order valence-electron chi connectivity index (χ1n) is 6.23. The Balaban J connectivity index is 1.88. The number of thiophene rings is 1. The molecule has 1 aromatic heterocycles. The van der Waals surface area contributed by atoms with Crippen molar-refractivity contribution in [2.75, 3.05) is 0 Å². The molecule has 1 heterocycles. The number of hydrazine groups is 1. The lowest BCUT2D eigenvalue weighted by Crippen LogP contribution is -2.47. The van der Waals surface area contributed by atoms with E-state index in [2.05, 4.69) is 10.9 Å². The second-order valence-electron chi connectivity index (χ2n) is 4.26. The summed E-state index contributed by atoms with van der Waals surface area (Å²) in [5.74, 6) is -0.561. The number of rotatable bonds is 4. The molecule has 116 valence electrons. The van der Waals surface area contributed by atoms with Gasteiger partial charge in [0.25, 0.3) is 11.8 Å². The highest BCUT2D eigenvalue weighted by Crippen LogP contribution is 2.28. The Labute approximate surface area is 141 Å². The predicted molar refractivity (Wildman–Crippen MR) is 86.5 cm³/mol. The summed E-state index contributed by atoms with van der Waals surface area (Å²) in [6.07, 6.45) is -0.845. The molecule has 1 atom stereocenters. The zero-order valence-corrected chi connectivity index (χ0v) is 13.8. The maximum atomic E-state index is 11.9. The third-order valence-electron chi connectivity index (χ3n) is 2.61. The number of benzene rings is 1. The summed E-state index contributed by atoms with van der Waals surface area (Å²) in [6, 6.07) is 8.08. The molecule has 2 aromatic rings. The van der Waals surface area contributed by atoms with Gasteiger partial charge in [0.2, 0.25) is 0 Å². The zero-order valence-electron chi connectivity index (χ0n) is 11.4. The maximum Gasteiger partial charge on any atom is 0.279 e. The first kappa shape index (κ1) is 16.6. The molecule has 0 unspecified atom stereocenters. The third kappa shape index (κ3) is 4.37. The third-order valence-corrected chi connectivity index (χ3v) is 4.01. The molecular weight excluding hydrogens is 347 g/mol. The van der Waals surface area contributed by atoms with E-state index in [4.69, 9.17) is 27.9 Å². The Morgan fingerprint density at radius 3 is 2.64 bits per heavy atom. The van der Waals surface area contributed by atoms with Crippen LogP contribution in [0.25, 0.3) is 0 Å². The molecule has 8 heteroatoms. The number of nitrogens with one attached hydrogen (secondary N) is 2. The fourth-order valence-corrected chi connectivity index (χ4v) is 2.58. The molecule has 0 aliphatic rings. The summed E-state index contributed by atoms with van der Waals surface area (Å²) in [4.78, 5) is 24.1. The molecular formula is C14H12Cl2N2O3S. The highest BCUT2D eigenvalue weighted by atomic mass is 35.5. The first-order chi connectivity index (χ1) is 10.5. The van der Waals surface area contributed by atoms with E-state index < -0.39 is 12.0 Å². The van der Waals surface area contributed by atoms with Gasteiger partial charge in [-0.05, 0) is 36.6 Å². The summed E-state index contributed by atoms with van der Waals surface area (Å²) in [7, 11) is 0. The van der Waals surface area contributed by atoms with Crippen molar-refractivity contribution in [2.24, 2.45) is 0 Å². The van der Waals surface area contributed by atoms with Crippen LogP contribution in [0.5, 0.6) is 5.75 Å². The minimum atomic E-state index is -0.845. The van der Waals surface area contributed by atoms with E-state index >= 15 is 0 Å². The molecule has 0 aliphatic carbocycles.